The van der Waals surface area contributed by atoms with E-state index in [1.807, 2.05) is 18.2 Å². The predicted molar refractivity (Wildman–Crippen MR) is 120 cm³/mol. The second kappa shape index (κ2) is 9.06. The van der Waals surface area contributed by atoms with Crippen LogP contribution in [0, 0.1) is 5.21 Å². The van der Waals surface area contributed by atoms with Gasteiger partial charge < -0.3 is 25.2 Å². The van der Waals surface area contributed by atoms with Crippen molar-refractivity contribution in [3.63, 3.8) is 0 Å². The monoisotopic (exact) mass is 413 g/mol. The first kappa shape index (κ1) is 22.8. The molecule has 5 heteroatoms. The number of nitrogens with one attached hydrogen (secondary N) is 1. The molecule has 0 fully saturated rings. The Morgan fingerprint density at radius 3 is 2.60 bits per heavy atom. The Bertz CT molecular complexity index is 864. The molecule has 3 rings (SSSR count). The Morgan fingerprint density at radius 1 is 1.20 bits per heavy atom. The van der Waals surface area contributed by atoms with Crippen molar-refractivity contribution in [1.29, 1.82) is 0 Å². The van der Waals surface area contributed by atoms with E-state index in [4.69, 9.17) is 4.74 Å². The van der Waals surface area contributed by atoms with E-state index in [1.54, 1.807) is 19.9 Å². The van der Waals surface area contributed by atoms with E-state index in [0.29, 0.717) is 29.9 Å². The van der Waals surface area contributed by atoms with E-state index < -0.39 is 23.9 Å². The summed E-state index contributed by atoms with van der Waals surface area (Å²) in [5.74, 6) is 0.505. The third-order valence-electron chi connectivity index (χ3n) is 6.22. The van der Waals surface area contributed by atoms with Gasteiger partial charge >= 0.3 is 0 Å². The van der Waals surface area contributed by atoms with Crippen LogP contribution in [0.1, 0.15) is 65.9 Å². The zero-order valence-electron chi connectivity index (χ0n) is 18.7. The van der Waals surface area contributed by atoms with Crippen LogP contribution in [0.3, 0.4) is 0 Å². The molecule has 0 saturated carbocycles. The zero-order valence-corrected chi connectivity index (χ0v) is 18.7. The fourth-order valence-corrected chi connectivity index (χ4v) is 4.39. The van der Waals surface area contributed by atoms with Gasteiger partial charge in [0.25, 0.3) is 0 Å². The maximum absolute atomic E-state index is 12.7. The molecule has 5 nitrogen and oxygen atoms in total. The van der Waals surface area contributed by atoms with Crippen LogP contribution in [0.25, 0.3) is 5.57 Å². The number of allylic oxidation sites excluding steroid dienone is 4. The van der Waals surface area contributed by atoms with Gasteiger partial charge in [0.15, 0.2) is 11.9 Å². The molecule has 1 aromatic rings. The summed E-state index contributed by atoms with van der Waals surface area (Å²) in [5, 5.41) is 34.9. The van der Waals surface area contributed by atoms with Gasteiger partial charge in [0, 0.05) is 17.2 Å². The number of aliphatic hydroxyl groups excluding tert-OH is 1. The van der Waals surface area contributed by atoms with Crippen LogP contribution in [-0.2, 0) is 4.74 Å². The van der Waals surface area contributed by atoms with E-state index in [-0.39, 0.29) is 5.06 Å². The first-order chi connectivity index (χ1) is 14.1. The topological polar surface area (TPSA) is 77.2 Å². The number of benzene rings is 1. The van der Waals surface area contributed by atoms with Crippen molar-refractivity contribution < 1.29 is 20.0 Å². The lowest BCUT2D eigenvalue weighted by Gasteiger charge is -2.34. The molecule has 0 aromatic heterocycles. The van der Waals surface area contributed by atoms with Crippen LogP contribution in [0.15, 0.2) is 53.3 Å². The quantitative estimate of drug-likeness (QED) is 0.469. The van der Waals surface area contributed by atoms with Crippen LogP contribution in [0.2, 0.25) is 0 Å². The molecule has 2 unspecified atom stereocenters. The fraction of sp³-hybridized carbons (Fsp3) is 0.520. The van der Waals surface area contributed by atoms with Gasteiger partial charge in [0.05, 0.1) is 0 Å². The van der Waals surface area contributed by atoms with Gasteiger partial charge in [0.2, 0.25) is 0 Å². The summed E-state index contributed by atoms with van der Waals surface area (Å²) in [6, 6.07) is 6.86. The second-order valence-corrected chi connectivity index (χ2v) is 9.16. The third kappa shape index (κ3) is 4.54. The van der Waals surface area contributed by atoms with Gasteiger partial charge in [-0.1, -0.05) is 35.4 Å². The van der Waals surface area contributed by atoms with Crippen molar-refractivity contribution >= 4 is 11.3 Å². The molecule has 0 bridgehead atoms. The van der Waals surface area contributed by atoms with E-state index >= 15 is 0 Å². The summed E-state index contributed by atoms with van der Waals surface area (Å²) >= 11 is 0. The molecule has 164 valence electrons. The maximum atomic E-state index is 12.7. The Balaban J connectivity index is 1.70. The standard InChI is InChI=1S/C25H35NO4/c1-16(2)10-8-11-17(3)12-9-15-25(5,28)24-22(27)21-19-13-6-7-14-20(19)26(29)18(4)23(21)30-24/h6-7,10,12-14,18,22,24,26-28H,8-9,11,15H2,1-5H3/b17-12+/t18?,22-,24+,25-/m0/s1. The molecular weight excluding hydrogens is 378 g/mol. The highest BCUT2D eigenvalue weighted by Crippen LogP contribution is 2.43. The largest absolute Gasteiger partial charge is 0.628 e. The molecular formula is C25H35NO4. The van der Waals surface area contributed by atoms with E-state index in [0.717, 1.165) is 18.4 Å². The molecule has 0 aliphatic carbocycles. The number of hydroxylamine groups is 1. The number of quaternary nitrogens is 1. The van der Waals surface area contributed by atoms with Crippen molar-refractivity contribution in [3.8, 4) is 0 Å². The molecule has 30 heavy (non-hydrogen) atoms. The fourth-order valence-electron chi connectivity index (χ4n) is 4.39. The van der Waals surface area contributed by atoms with Crippen molar-refractivity contribution in [3.05, 3.63) is 64.1 Å². The average Bonchev–Trinajstić information content (AvgIpc) is 3.04. The van der Waals surface area contributed by atoms with Gasteiger partial charge in [-0.15, -0.1) is 0 Å². The lowest BCUT2D eigenvalue weighted by Crippen LogP contribution is -3.07. The van der Waals surface area contributed by atoms with E-state index in [2.05, 4.69) is 32.9 Å². The van der Waals surface area contributed by atoms with E-state index in [1.165, 1.54) is 11.1 Å². The number of para-hydroxylation sites is 1. The molecule has 2 aliphatic heterocycles. The Labute approximate surface area is 179 Å². The lowest BCUT2D eigenvalue weighted by molar-refractivity contribution is -0.800. The Kier molecular flexibility index (Phi) is 6.88. The van der Waals surface area contributed by atoms with E-state index in [9.17, 15) is 15.4 Å². The van der Waals surface area contributed by atoms with Crippen molar-refractivity contribution in [2.45, 2.75) is 84.2 Å². The van der Waals surface area contributed by atoms with Crippen molar-refractivity contribution in [1.82, 2.24) is 0 Å². The van der Waals surface area contributed by atoms with Crippen LogP contribution >= 0.6 is 0 Å². The highest BCUT2D eigenvalue weighted by atomic mass is 16.5. The third-order valence-corrected chi connectivity index (χ3v) is 6.22. The van der Waals surface area contributed by atoms with Gasteiger partial charge in [-0.05, 0) is 66.4 Å². The number of hydrogen-bond donors (Lipinski definition) is 3. The molecule has 1 aromatic carbocycles. The molecule has 2 heterocycles. The van der Waals surface area contributed by atoms with Gasteiger partial charge in [0.1, 0.15) is 23.4 Å². The van der Waals surface area contributed by atoms with Crippen LogP contribution < -0.4 is 5.06 Å². The van der Waals surface area contributed by atoms with Gasteiger partial charge in [-0.25, -0.2) is 0 Å². The molecule has 0 spiro atoms. The summed E-state index contributed by atoms with van der Waals surface area (Å²) < 4.78 is 6.06. The second-order valence-electron chi connectivity index (χ2n) is 9.16. The number of ether oxygens (including phenoxy) is 1. The van der Waals surface area contributed by atoms with Gasteiger partial charge in [-0.3, -0.25) is 0 Å². The summed E-state index contributed by atoms with van der Waals surface area (Å²) in [6.07, 6.45) is 5.83. The smallest absolute Gasteiger partial charge is 0.161 e. The lowest BCUT2D eigenvalue weighted by atomic mass is 9.85. The molecule has 5 atom stereocenters. The summed E-state index contributed by atoms with van der Waals surface area (Å²) in [4.78, 5) is 0. The van der Waals surface area contributed by atoms with Crippen LogP contribution in [0.5, 0.6) is 0 Å². The first-order valence-electron chi connectivity index (χ1n) is 10.9. The number of hydrogen-bond acceptors (Lipinski definition) is 4. The molecule has 0 radical (unpaired) electrons. The molecule has 3 N–H and O–H groups in total. The molecule has 0 saturated heterocycles. The van der Waals surface area contributed by atoms with Crippen LogP contribution in [0.4, 0.5) is 5.69 Å². The average molecular weight is 414 g/mol. The van der Waals surface area contributed by atoms with Crippen molar-refractivity contribution in [2.75, 3.05) is 0 Å². The molecule has 0 amide bonds. The number of fused-ring (bicyclic) bond motifs is 2. The first-order valence-corrected chi connectivity index (χ1v) is 10.9. The summed E-state index contributed by atoms with van der Waals surface area (Å²) in [6.45, 7) is 9.83. The SMILES string of the molecule is CC(C)=CCC/C(C)=C/CC[C@](C)(O)[C@@H]1OC2=C(c3ccccc3[NH+]([O-])C2C)[C@@H]1O. The minimum absolute atomic E-state index is 0.00762. The highest BCUT2D eigenvalue weighted by molar-refractivity contribution is 5.80. The molecule has 2 aliphatic rings. The number of aliphatic hydroxyl groups is 2. The minimum Gasteiger partial charge on any atom is -0.628 e. The zero-order chi connectivity index (χ0) is 22.1. The Morgan fingerprint density at radius 2 is 1.90 bits per heavy atom. The highest BCUT2D eigenvalue weighted by Gasteiger charge is 2.50. The maximum Gasteiger partial charge on any atom is 0.161 e. The normalized spacial score (nSPS) is 27.8. The predicted octanol–water partition coefficient (Wildman–Crippen LogP) is 3.80. The van der Waals surface area contributed by atoms with Gasteiger partial charge in [-0.2, -0.15) is 0 Å². The van der Waals surface area contributed by atoms with Crippen molar-refractivity contribution in [2.24, 2.45) is 0 Å². The minimum atomic E-state index is -1.22. The summed E-state index contributed by atoms with van der Waals surface area (Å²) in [5.41, 5.74) is 3.38. The van der Waals surface area contributed by atoms with Crippen LogP contribution in [-0.4, -0.2) is 34.1 Å². The number of rotatable bonds is 7. The summed E-state index contributed by atoms with van der Waals surface area (Å²) in [7, 11) is 0. The Hall–Kier alpha value is -1.92.